The van der Waals surface area contributed by atoms with Crippen molar-refractivity contribution in [1.29, 1.82) is 0 Å². The molecular formula is C12H17NO. The van der Waals surface area contributed by atoms with Crippen LogP contribution in [0, 0.1) is 6.92 Å². The van der Waals surface area contributed by atoms with E-state index in [9.17, 15) is 0 Å². The van der Waals surface area contributed by atoms with Gasteiger partial charge in [-0.3, -0.25) is 0 Å². The Balaban J connectivity index is 2.93. The first-order valence-electron chi connectivity index (χ1n) is 4.70. The highest BCUT2D eigenvalue weighted by atomic mass is 16.5. The molecule has 0 unspecified atom stereocenters. The van der Waals surface area contributed by atoms with Crippen LogP contribution in [0.2, 0.25) is 0 Å². The average Bonchev–Trinajstić information content (AvgIpc) is 2.17. The van der Waals surface area contributed by atoms with Gasteiger partial charge >= 0.3 is 0 Å². The average molecular weight is 191 g/mol. The zero-order valence-corrected chi connectivity index (χ0v) is 8.79. The second-order valence-electron chi connectivity index (χ2n) is 3.35. The predicted octanol–water partition coefficient (Wildman–Crippen LogP) is 2.58. The molecule has 1 aromatic rings. The summed E-state index contributed by atoms with van der Waals surface area (Å²) in [5, 5.41) is 0. The molecule has 2 heteroatoms. The van der Waals surface area contributed by atoms with E-state index in [1.165, 1.54) is 5.56 Å². The second-order valence-corrected chi connectivity index (χ2v) is 3.35. The Hall–Kier alpha value is -1.28. The van der Waals surface area contributed by atoms with Crippen molar-refractivity contribution < 1.29 is 4.74 Å². The third-order valence-electron chi connectivity index (χ3n) is 2.30. The molecule has 0 saturated carbocycles. The standard InChI is InChI=1S/C12H17NO/c1-4-5-12(13)11-7-6-10(14-3)8-9(11)2/h4,6-8,12H,1,5,13H2,2-3H3/t12-/m1/s1. The molecule has 1 rings (SSSR count). The van der Waals surface area contributed by atoms with Gasteiger partial charge in [0.2, 0.25) is 0 Å². The smallest absolute Gasteiger partial charge is 0.119 e. The minimum absolute atomic E-state index is 0.0402. The van der Waals surface area contributed by atoms with E-state index in [-0.39, 0.29) is 6.04 Å². The van der Waals surface area contributed by atoms with Crippen molar-refractivity contribution in [2.45, 2.75) is 19.4 Å². The molecule has 0 aliphatic carbocycles. The summed E-state index contributed by atoms with van der Waals surface area (Å²) >= 11 is 0. The van der Waals surface area contributed by atoms with Crippen molar-refractivity contribution in [1.82, 2.24) is 0 Å². The van der Waals surface area contributed by atoms with Crippen LogP contribution in [0.25, 0.3) is 0 Å². The van der Waals surface area contributed by atoms with E-state index >= 15 is 0 Å². The fraction of sp³-hybridized carbons (Fsp3) is 0.333. The lowest BCUT2D eigenvalue weighted by molar-refractivity contribution is 0.414. The summed E-state index contributed by atoms with van der Waals surface area (Å²) in [6.07, 6.45) is 2.64. The first-order valence-corrected chi connectivity index (χ1v) is 4.70. The third-order valence-corrected chi connectivity index (χ3v) is 2.30. The molecule has 0 aliphatic rings. The minimum atomic E-state index is 0.0402. The third kappa shape index (κ3) is 2.36. The van der Waals surface area contributed by atoms with Crippen LogP contribution in [-0.4, -0.2) is 7.11 Å². The van der Waals surface area contributed by atoms with Gasteiger partial charge in [0.05, 0.1) is 7.11 Å². The van der Waals surface area contributed by atoms with Crippen LogP contribution in [0.1, 0.15) is 23.6 Å². The van der Waals surface area contributed by atoms with Crippen molar-refractivity contribution >= 4 is 0 Å². The van der Waals surface area contributed by atoms with E-state index < -0.39 is 0 Å². The van der Waals surface area contributed by atoms with Crippen LogP contribution in [0.4, 0.5) is 0 Å². The second kappa shape index (κ2) is 4.82. The van der Waals surface area contributed by atoms with Gasteiger partial charge in [0.15, 0.2) is 0 Å². The number of methoxy groups -OCH3 is 1. The van der Waals surface area contributed by atoms with Gasteiger partial charge in [-0.1, -0.05) is 12.1 Å². The Morgan fingerprint density at radius 1 is 1.57 bits per heavy atom. The quantitative estimate of drug-likeness (QED) is 0.742. The summed E-state index contributed by atoms with van der Waals surface area (Å²) in [5.41, 5.74) is 8.31. The molecule has 1 atom stereocenters. The molecular weight excluding hydrogens is 174 g/mol. The van der Waals surface area contributed by atoms with Gasteiger partial charge in [-0.25, -0.2) is 0 Å². The van der Waals surface area contributed by atoms with E-state index in [0.29, 0.717) is 0 Å². The van der Waals surface area contributed by atoms with Crippen LogP contribution in [-0.2, 0) is 0 Å². The van der Waals surface area contributed by atoms with E-state index in [1.54, 1.807) is 7.11 Å². The summed E-state index contributed by atoms with van der Waals surface area (Å²) < 4.78 is 5.13. The molecule has 0 fully saturated rings. The Kier molecular flexibility index (Phi) is 3.72. The van der Waals surface area contributed by atoms with Crippen molar-refractivity contribution in [3.05, 3.63) is 42.0 Å². The number of benzene rings is 1. The highest BCUT2D eigenvalue weighted by Crippen LogP contribution is 2.22. The maximum atomic E-state index is 5.99. The molecule has 1 aromatic carbocycles. The summed E-state index contributed by atoms with van der Waals surface area (Å²) in [4.78, 5) is 0. The Morgan fingerprint density at radius 2 is 2.29 bits per heavy atom. The van der Waals surface area contributed by atoms with Crippen molar-refractivity contribution in [3.8, 4) is 5.75 Å². The topological polar surface area (TPSA) is 35.2 Å². The maximum absolute atomic E-state index is 5.99. The Morgan fingerprint density at radius 3 is 2.79 bits per heavy atom. The zero-order valence-electron chi connectivity index (χ0n) is 8.79. The number of ether oxygens (including phenoxy) is 1. The minimum Gasteiger partial charge on any atom is -0.497 e. The molecule has 0 radical (unpaired) electrons. The van der Waals surface area contributed by atoms with E-state index in [4.69, 9.17) is 10.5 Å². The molecule has 0 aromatic heterocycles. The first kappa shape index (κ1) is 10.8. The highest BCUT2D eigenvalue weighted by molar-refractivity contribution is 5.36. The van der Waals surface area contributed by atoms with Gasteiger partial charge in [0.25, 0.3) is 0 Å². The number of nitrogens with two attached hydrogens (primary N) is 1. The molecule has 0 aliphatic heterocycles. The molecule has 2 N–H and O–H groups in total. The Bertz CT molecular complexity index is 320. The van der Waals surface area contributed by atoms with E-state index in [0.717, 1.165) is 17.7 Å². The largest absolute Gasteiger partial charge is 0.497 e. The van der Waals surface area contributed by atoms with Gasteiger partial charge in [0.1, 0.15) is 5.75 Å². The molecule has 0 bridgehead atoms. The van der Waals surface area contributed by atoms with Crippen molar-refractivity contribution in [2.24, 2.45) is 5.73 Å². The fourth-order valence-electron chi connectivity index (χ4n) is 1.50. The molecule has 14 heavy (non-hydrogen) atoms. The number of aryl methyl sites for hydroxylation is 1. The van der Waals surface area contributed by atoms with Gasteiger partial charge in [-0.2, -0.15) is 0 Å². The van der Waals surface area contributed by atoms with Gasteiger partial charge < -0.3 is 10.5 Å². The van der Waals surface area contributed by atoms with Crippen LogP contribution in [0.3, 0.4) is 0 Å². The summed E-state index contributed by atoms with van der Waals surface area (Å²) in [6, 6.07) is 5.99. The lowest BCUT2D eigenvalue weighted by Crippen LogP contribution is -2.10. The zero-order chi connectivity index (χ0) is 10.6. The van der Waals surface area contributed by atoms with Crippen LogP contribution >= 0.6 is 0 Å². The predicted molar refractivity (Wildman–Crippen MR) is 59.5 cm³/mol. The van der Waals surface area contributed by atoms with Crippen LogP contribution < -0.4 is 10.5 Å². The number of rotatable bonds is 4. The van der Waals surface area contributed by atoms with E-state index in [1.807, 2.05) is 31.2 Å². The first-order chi connectivity index (χ1) is 6.69. The lowest BCUT2D eigenvalue weighted by Gasteiger charge is -2.13. The van der Waals surface area contributed by atoms with Gasteiger partial charge in [0, 0.05) is 6.04 Å². The number of hydrogen-bond acceptors (Lipinski definition) is 2. The molecule has 76 valence electrons. The summed E-state index contributed by atoms with van der Waals surface area (Å²) in [7, 11) is 1.66. The molecule has 0 amide bonds. The maximum Gasteiger partial charge on any atom is 0.119 e. The van der Waals surface area contributed by atoms with Gasteiger partial charge in [-0.15, -0.1) is 6.58 Å². The lowest BCUT2D eigenvalue weighted by atomic mass is 9.99. The van der Waals surface area contributed by atoms with Crippen molar-refractivity contribution in [3.63, 3.8) is 0 Å². The molecule has 0 saturated heterocycles. The van der Waals surface area contributed by atoms with Crippen LogP contribution in [0.15, 0.2) is 30.9 Å². The summed E-state index contributed by atoms with van der Waals surface area (Å²) in [5.74, 6) is 0.872. The van der Waals surface area contributed by atoms with E-state index in [2.05, 4.69) is 6.58 Å². The Labute approximate surface area is 85.4 Å². The van der Waals surface area contributed by atoms with Crippen LogP contribution in [0.5, 0.6) is 5.75 Å². The monoisotopic (exact) mass is 191 g/mol. The molecule has 2 nitrogen and oxygen atoms in total. The molecule has 0 heterocycles. The SMILES string of the molecule is C=CC[C@@H](N)c1ccc(OC)cc1C. The number of hydrogen-bond donors (Lipinski definition) is 1. The van der Waals surface area contributed by atoms with Crippen molar-refractivity contribution in [2.75, 3.05) is 7.11 Å². The highest BCUT2D eigenvalue weighted by Gasteiger charge is 2.07. The normalized spacial score (nSPS) is 12.2. The van der Waals surface area contributed by atoms with Gasteiger partial charge in [-0.05, 0) is 36.6 Å². The fourth-order valence-corrected chi connectivity index (χ4v) is 1.50. The summed E-state index contributed by atoms with van der Waals surface area (Å²) in [6.45, 7) is 5.73. The molecule has 0 spiro atoms.